The van der Waals surface area contributed by atoms with E-state index in [0.717, 1.165) is 0 Å². The number of hydrogen-bond acceptors (Lipinski definition) is 8. The Hall–Kier alpha value is -3.33. The zero-order valence-corrected chi connectivity index (χ0v) is 16.3. The first-order valence-corrected chi connectivity index (χ1v) is 9.05. The van der Waals surface area contributed by atoms with Crippen molar-refractivity contribution >= 4 is 33.6 Å². The lowest BCUT2D eigenvalue weighted by molar-refractivity contribution is -0.139. The largest absolute Gasteiger partial charge is 0.493 e. The number of aromatic nitrogens is 2. The van der Waals surface area contributed by atoms with Crippen LogP contribution in [0.4, 0.5) is 0 Å². The highest BCUT2D eigenvalue weighted by Crippen LogP contribution is 2.38. The van der Waals surface area contributed by atoms with Crippen LogP contribution >= 0.6 is 11.3 Å². The fourth-order valence-corrected chi connectivity index (χ4v) is 3.26. The molecule has 0 aliphatic rings. The van der Waals surface area contributed by atoms with E-state index >= 15 is 0 Å². The van der Waals surface area contributed by atoms with Crippen LogP contribution in [0, 0.1) is 0 Å². The number of nitrogens with one attached hydrogen (secondary N) is 1. The Morgan fingerprint density at radius 2 is 1.89 bits per heavy atom. The zero-order valence-electron chi connectivity index (χ0n) is 15.5. The maximum Gasteiger partial charge on any atom is 0.331 e. The van der Waals surface area contributed by atoms with E-state index in [1.807, 2.05) is 0 Å². The van der Waals surface area contributed by atoms with Crippen LogP contribution in [0.5, 0.6) is 17.2 Å². The maximum absolute atomic E-state index is 12.0. The molecule has 1 aromatic carbocycles. The summed E-state index contributed by atoms with van der Waals surface area (Å²) in [6.07, 6.45) is 2.83. The van der Waals surface area contributed by atoms with Crippen LogP contribution < -0.4 is 19.8 Å². The number of thiophene rings is 1. The fraction of sp³-hybridized carbons (Fsp3) is 0.211. The summed E-state index contributed by atoms with van der Waals surface area (Å²) < 4.78 is 21.5. The highest BCUT2D eigenvalue weighted by Gasteiger charge is 2.12. The number of rotatable bonds is 7. The predicted octanol–water partition coefficient (Wildman–Crippen LogP) is 2.77. The molecule has 0 bridgehead atoms. The third-order valence-corrected chi connectivity index (χ3v) is 4.72. The van der Waals surface area contributed by atoms with E-state index < -0.39 is 5.97 Å². The van der Waals surface area contributed by atoms with Crippen molar-refractivity contribution < 1.29 is 23.7 Å². The van der Waals surface area contributed by atoms with Gasteiger partial charge in [0.05, 0.1) is 26.8 Å². The molecule has 1 N–H and O–H groups in total. The van der Waals surface area contributed by atoms with E-state index in [0.29, 0.717) is 33.0 Å². The number of esters is 1. The maximum atomic E-state index is 12.0. The Labute approximate surface area is 164 Å². The normalized spacial score (nSPS) is 11.0. The summed E-state index contributed by atoms with van der Waals surface area (Å²) in [5.41, 5.74) is 0.990. The Balaban J connectivity index is 1.70. The number of hydrogen-bond donors (Lipinski definition) is 1. The van der Waals surface area contributed by atoms with Crippen molar-refractivity contribution in [2.24, 2.45) is 0 Å². The monoisotopic (exact) mass is 402 g/mol. The first-order valence-electron chi connectivity index (χ1n) is 8.17. The molecule has 0 amide bonds. The number of nitrogens with zero attached hydrogens (tertiary/aromatic N) is 1. The second-order valence-corrected chi connectivity index (χ2v) is 6.46. The van der Waals surface area contributed by atoms with Crippen LogP contribution in [-0.4, -0.2) is 37.3 Å². The van der Waals surface area contributed by atoms with Gasteiger partial charge in [-0.15, -0.1) is 11.3 Å². The van der Waals surface area contributed by atoms with Crippen molar-refractivity contribution in [3.05, 3.63) is 51.4 Å². The molecule has 0 spiro atoms. The van der Waals surface area contributed by atoms with Gasteiger partial charge in [-0.3, -0.25) is 4.79 Å². The topological polar surface area (TPSA) is 99.7 Å². The molecular weight excluding hydrogens is 384 g/mol. The Morgan fingerprint density at radius 1 is 1.18 bits per heavy atom. The Bertz CT molecular complexity index is 1060. The van der Waals surface area contributed by atoms with Gasteiger partial charge in [0, 0.05) is 6.08 Å². The minimum atomic E-state index is -0.582. The van der Waals surface area contributed by atoms with Gasteiger partial charge in [-0.25, -0.2) is 9.78 Å². The molecule has 28 heavy (non-hydrogen) atoms. The lowest BCUT2D eigenvalue weighted by Crippen LogP contribution is -2.12. The first kappa shape index (κ1) is 19.4. The molecule has 0 saturated heterocycles. The van der Waals surface area contributed by atoms with Gasteiger partial charge < -0.3 is 23.9 Å². The molecule has 2 aromatic heterocycles. The number of methoxy groups -OCH3 is 3. The summed E-state index contributed by atoms with van der Waals surface area (Å²) in [6.45, 7) is -0.139. The number of carbonyl (C=O) groups is 1. The average molecular weight is 402 g/mol. The molecule has 3 aromatic rings. The number of H-pyrrole nitrogens is 1. The zero-order chi connectivity index (χ0) is 20.1. The highest BCUT2D eigenvalue weighted by atomic mass is 32.1. The third kappa shape index (κ3) is 4.15. The quantitative estimate of drug-likeness (QED) is 0.479. The van der Waals surface area contributed by atoms with Gasteiger partial charge in [-0.1, -0.05) is 0 Å². The number of carbonyl (C=O) groups excluding carboxylic acids is 1. The van der Waals surface area contributed by atoms with E-state index in [4.69, 9.17) is 18.9 Å². The van der Waals surface area contributed by atoms with Gasteiger partial charge in [-0.2, -0.15) is 0 Å². The van der Waals surface area contributed by atoms with Crippen LogP contribution in [0.25, 0.3) is 16.3 Å². The molecule has 9 heteroatoms. The summed E-state index contributed by atoms with van der Waals surface area (Å²) in [4.78, 5) is 30.8. The number of benzene rings is 1. The molecule has 0 aliphatic heterocycles. The van der Waals surface area contributed by atoms with Gasteiger partial charge in [0.25, 0.3) is 5.56 Å². The van der Waals surface area contributed by atoms with Crippen LogP contribution in [0.3, 0.4) is 0 Å². The van der Waals surface area contributed by atoms with Crippen LogP contribution in [0.2, 0.25) is 0 Å². The molecule has 0 fully saturated rings. The smallest absolute Gasteiger partial charge is 0.331 e. The van der Waals surface area contributed by atoms with Crippen LogP contribution in [-0.2, 0) is 16.1 Å². The van der Waals surface area contributed by atoms with E-state index in [9.17, 15) is 9.59 Å². The molecule has 0 unspecified atom stereocenters. The lowest BCUT2D eigenvalue weighted by atomic mass is 10.1. The van der Waals surface area contributed by atoms with Crippen molar-refractivity contribution in [1.29, 1.82) is 0 Å². The van der Waals surface area contributed by atoms with Gasteiger partial charge in [0.2, 0.25) is 5.75 Å². The van der Waals surface area contributed by atoms with Gasteiger partial charge in [0.15, 0.2) is 11.5 Å². The van der Waals surface area contributed by atoms with Crippen LogP contribution in [0.1, 0.15) is 11.4 Å². The van der Waals surface area contributed by atoms with Crippen molar-refractivity contribution in [2.75, 3.05) is 21.3 Å². The molecule has 2 heterocycles. The molecule has 3 rings (SSSR count). The molecule has 0 atom stereocenters. The SMILES string of the molecule is COc1cc(/C=C/C(=O)OCc2nc3ccsc3c(=O)[nH]2)cc(OC)c1OC. The van der Waals surface area contributed by atoms with Crippen molar-refractivity contribution in [3.63, 3.8) is 0 Å². The molecule has 0 saturated carbocycles. The minimum Gasteiger partial charge on any atom is -0.493 e. The second kappa shape index (κ2) is 8.57. The van der Waals surface area contributed by atoms with Crippen molar-refractivity contribution in [1.82, 2.24) is 9.97 Å². The highest BCUT2D eigenvalue weighted by molar-refractivity contribution is 7.17. The lowest BCUT2D eigenvalue weighted by Gasteiger charge is -2.12. The van der Waals surface area contributed by atoms with E-state index in [1.54, 1.807) is 29.7 Å². The van der Waals surface area contributed by atoms with Crippen molar-refractivity contribution in [3.8, 4) is 17.2 Å². The molecular formula is C19H18N2O6S. The van der Waals surface area contributed by atoms with E-state index in [2.05, 4.69) is 9.97 Å². The average Bonchev–Trinajstić information content (AvgIpc) is 3.19. The van der Waals surface area contributed by atoms with Crippen LogP contribution in [0.15, 0.2) is 34.4 Å². The van der Waals surface area contributed by atoms with Crippen molar-refractivity contribution in [2.45, 2.75) is 6.61 Å². The fourth-order valence-electron chi connectivity index (χ4n) is 2.54. The number of ether oxygens (including phenoxy) is 4. The molecule has 146 valence electrons. The summed E-state index contributed by atoms with van der Waals surface area (Å²) in [5.74, 6) is 1.11. The summed E-state index contributed by atoms with van der Waals surface area (Å²) >= 11 is 1.31. The minimum absolute atomic E-state index is 0.139. The van der Waals surface area contributed by atoms with E-state index in [-0.39, 0.29) is 18.0 Å². The number of fused-ring (bicyclic) bond motifs is 1. The first-order chi connectivity index (χ1) is 13.5. The summed E-state index contributed by atoms with van der Waals surface area (Å²) in [7, 11) is 4.54. The Morgan fingerprint density at radius 3 is 2.54 bits per heavy atom. The second-order valence-electron chi connectivity index (χ2n) is 5.55. The summed E-state index contributed by atoms with van der Waals surface area (Å²) in [6, 6.07) is 5.15. The van der Waals surface area contributed by atoms with Gasteiger partial charge in [-0.05, 0) is 35.2 Å². The Kier molecular flexibility index (Phi) is 5.95. The van der Waals surface area contributed by atoms with Gasteiger partial charge >= 0.3 is 5.97 Å². The molecule has 8 nitrogen and oxygen atoms in total. The van der Waals surface area contributed by atoms with E-state index in [1.165, 1.54) is 38.7 Å². The summed E-state index contributed by atoms with van der Waals surface area (Å²) in [5, 5.41) is 1.78. The standard InChI is InChI=1S/C19H18N2O6S/c1-24-13-8-11(9-14(25-2)17(13)26-3)4-5-16(22)27-10-15-20-12-6-7-28-18(12)19(23)21-15/h4-9H,10H2,1-3H3,(H,20,21,23)/b5-4+. The molecule has 0 radical (unpaired) electrons. The predicted molar refractivity (Wildman–Crippen MR) is 105 cm³/mol. The number of aromatic amines is 1. The molecule has 0 aliphatic carbocycles. The third-order valence-electron chi connectivity index (χ3n) is 3.81. The van der Waals surface area contributed by atoms with Gasteiger partial charge in [0.1, 0.15) is 17.1 Å².